The molecule has 2 heterocycles. The van der Waals surface area contributed by atoms with E-state index in [-0.39, 0.29) is 24.0 Å². The second kappa shape index (κ2) is 8.98. The summed E-state index contributed by atoms with van der Waals surface area (Å²) in [6.45, 7) is 5.94. The van der Waals surface area contributed by atoms with Crippen molar-refractivity contribution in [3.63, 3.8) is 0 Å². The van der Waals surface area contributed by atoms with E-state index in [0.29, 0.717) is 28.0 Å². The first-order valence-electron chi connectivity index (χ1n) is 10.3. The van der Waals surface area contributed by atoms with Gasteiger partial charge in [-0.2, -0.15) is 0 Å². The number of benzene rings is 2. The molecular weight excluding hydrogens is 410 g/mol. The van der Waals surface area contributed by atoms with E-state index in [4.69, 9.17) is 4.74 Å². The standard InChI is InChI=1S/C24H25N3O3S/c1-14(2)30-19-10-5-4-9-17(19)18-12-20(28)25-22-21(18)23(29)27-24(26-22)31-13-16-8-6-7-15(3)11-16/h4-11,14,18H,12-13H2,1-3H3,(H2,25,26,27,28,29)/t18-/m0/s1. The van der Waals surface area contributed by atoms with Crippen molar-refractivity contribution in [2.75, 3.05) is 5.32 Å². The number of aromatic nitrogens is 2. The summed E-state index contributed by atoms with van der Waals surface area (Å²) in [5.41, 5.74) is 3.38. The highest BCUT2D eigenvalue weighted by molar-refractivity contribution is 7.98. The maximum Gasteiger partial charge on any atom is 0.257 e. The summed E-state index contributed by atoms with van der Waals surface area (Å²) in [6, 6.07) is 15.8. The maximum atomic E-state index is 13.1. The first-order valence-corrected chi connectivity index (χ1v) is 11.3. The number of nitrogens with one attached hydrogen (secondary N) is 2. The number of thioether (sulfide) groups is 1. The number of carbonyl (C=O) groups excluding carboxylic acids is 1. The number of fused-ring (bicyclic) bond motifs is 1. The summed E-state index contributed by atoms with van der Waals surface area (Å²) in [5, 5.41) is 3.27. The third-order valence-corrected chi connectivity index (χ3v) is 5.99. The Balaban J connectivity index is 1.67. The molecule has 0 fully saturated rings. The van der Waals surface area contributed by atoms with Crippen molar-refractivity contribution in [2.45, 2.75) is 50.1 Å². The van der Waals surface area contributed by atoms with Crippen molar-refractivity contribution in [3.8, 4) is 5.75 Å². The van der Waals surface area contributed by atoms with Gasteiger partial charge in [0, 0.05) is 23.7 Å². The van der Waals surface area contributed by atoms with Gasteiger partial charge in [-0.05, 0) is 32.4 Å². The van der Waals surface area contributed by atoms with Crippen LogP contribution < -0.4 is 15.6 Å². The SMILES string of the molecule is Cc1cccc(CSc2nc3c(c(=O)[nH]2)[C@H](c2ccccc2OC(C)C)CC(=O)N3)c1. The summed E-state index contributed by atoms with van der Waals surface area (Å²) in [7, 11) is 0. The summed E-state index contributed by atoms with van der Waals surface area (Å²) in [6.07, 6.45) is 0.154. The van der Waals surface area contributed by atoms with Crippen LogP contribution in [0.1, 0.15) is 48.4 Å². The molecule has 1 aromatic heterocycles. The van der Waals surface area contributed by atoms with Gasteiger partial charge in [-0.15, -0.1) is 0 Å². The normalized spacial score (nSPS) is 15.5. The molecule has 0 unspecified atom stereocenters. The van der Waals surface area contributed by atoms with E-state index >= 15 is 0 Å². The number of rotatable bonds is 6. The van der Waals surface area contributed by atoms with Crippen molar-refractivity contribution >= 4 is 23.5 Å². The molecule has 6 nitrogen and oxygen atoms in total. The lowest BCUT2D eigenvalue weighted by molar-refractivity contribution is -0.116. The zero-order valence-corrected chi connectivity index (χ0v) is 18.6. The van der Waals surface area contributed by atoms with Gasteiger partial charge in [0.15, 0.2) is 5.16 Å². The van der Waals surface area contributed by atoms with Crippen LogP contribution in [-0.2, 0) is 10.5 Å². The molecule has 4 rings (SSSR count). The number of H-pyrrole nitrogens is 1. The van der Waals surface area contributed by atoms with Crippen LogP contribution in [0.4, 0.5) is 5.82 Å². The van der Waals surface area contributed by atoms with Crippen LogP contribution >= 0.6 is 11.8 Å². The average Bonchev–Trinajstić information content (AvgIpc) is 2.71. The lowest BCUT2D eigenvalue weighted by atomic mass is 9.86. The molecule has 160 valence electrons. The molecular formula is C24H25N3O3S. The number of anilines is 1. The van der Waals surface area contributed by atoms with Gasteiger partial charge in [-0.25, -0.2) is 4.98 Å². The number of para-hydroxylation sites is 1. The number of nitrogens with zero attached hydrogens (tertiary/aromatic N) is 1. The smallest absolute Gasteiger partial charge is 0.257 e. The molecule has 2 aromatic carbocycles. The van der Waals surface area contributed by atoms with E-state index in [0.717, 1.165) is 11.1 Å². The Morgan fingerprint density at radius 2 is 1.97 bits per heavy atom. The van der Waals surface area contributed by atoms with Crippen LogP contribution in [0.2, 0.25) is 0 Å². The molecule has 31 heavy (non-hydrogen) atoms. The van der Waals surface area contributed by atoms with Crippen LogP contribution in [0, 0.1) is 6.92 Å². The Morgan fingerprint density at radius 3 is 2.74 bits per heavy atom. The Labute approximate surface area is 185 Å². The van der Waals surface area contributed by atoms with Crippen molar-refractivity contribution in [1.29, 1.82) is 0 Å². The third-order valence-electron chi connectivity index (χ3n) is 5.04. The van der Waals surface area contributed by atoms with Gasteiger partial charge in [0.1, 0.15) is 11.6 Å². The topological polar surface area (TPSA) is 84.1 Å². The van der Waals surface area contributed by atoms with Gasteiger partial charge >= 0.3 is 0 Å². The summed E-state index contributed by atoms with van der Waals surface area (Å²) in [5.74, 6) is 1.11. The molecule has 3 aromatic rings. The molecule has 1 aliphatic rings. The quantitative estimate of drug-likeness (QED) is 0.436. The van der Waals surface area contributed by atoms with Crippen LogP contribution in [0.3, 0.4) is 0 Å². The maximum absolute atomic E-state index is 13.1. The van der Waals surface area contributed by atoms with Crippen molar-refractivity contribution in [2.24, 2.45) is 0 Å². The summed E-state index contributed by atoms with van der Waals surface area (Å²) < 4.78 is 5.94. The van der Waals surface area contributed by atoms with Gasteiger partial charge in [0.2, 0.25) is 5.91 Å². The molecule has 0 radical (unpaired) electrons. The van der Waals surface area contributed by atoms with Crippen molar-refractivity contribution < 1.29 is 9.53 Å². The van der Waals surface area contributed by atoms with E-state index in [1.54, 1.807) is 0 Å². The largest absolute Gasteiger partial charge is 0.491 e. The zero-order valence-electron chi connectivity index (χ0n) is 17.8. The Kier molecular flexibility index (Phi) is 6.13. The predicted octanol–water partition coefficient (Wildman–Crippen LogP) is 4.63. The fourth-order valence-electron chi connectivity index (χ4n) is 3.77. The van der Waals surface area contributed by atoms with E-state index in [1.165, 1.54) is 17.3 Å². The minimum absolute atomic E-state index is 0.0187. The molecule has 1 aliphatic heterocycles. The monoisotopic (exact) mass is 435 g/mol. The highest BCUT2D eigenvalue weighted by atomic mass is 32.2. The average molecular weight is 436 g/mol. The van der Waals surface area contributed by atoms with Gasteiger partial charge in [-0.3, -0.25) is 9.59 Å². The fraction of sp³-hybridized carbons (Fsp3) is 0.292. The van der Waals surface area contributed by atoms with E-state index in [1.807, 2.05) is 63.2 Å². The molecule has 0 bridgehead atoms. The second-order valence-electron chi connectivity index (χ2n) is 7.92. The molecule has 7 heteroatoms. The number of hydrogen-bond acceptors (Lipinski definition) is 5. The van der Waals surface area contributed by atoms with Crippen LogP contribution in [-0.4, -0.2) is 22.0 Å². The minimum Gasteiger partial charge on any atom is -0.491 e. The fourth-order valence-corrected chi connectivity index (χ4v) is 4.57. The van der Waals surface area contributed by atoms with Crippen molar-refractivity contribution in [3.05, 3.63) is 81.1 Å². The van der Waals surface area contributed by atoms with Crippen LogP contribution in [0.15, 0.2) is 58.5 Å². The van der Waals surface area contributed by atoms with E-state index < -0.39 is 5.92 Å². The summed E-state index contributed by atoms with van der Waals surface area (Å²) in [4.78, 5) is 33.0. The van der Waals surface area contributed by atoms with Crippen LogP contribution in [0.5, 0.6) is 5.75 Å². The van der Waals surface area contributed by atoms with E-state index in [2.05, 4.69) is 21.4 Å². The molecule has 0 saturated heterocycles. The number of carbonyl (C=O) groups is 1. The second-order valence-corrected chi connectivity index (χ2v) is 8.88. The van der Waals surface area contributed by atoms with Crippen LogP contribution in [0.25, 0.3) is 0 Å². The highest BCUT2D eigenvalue weighted by Crippen LogP contribution is 2.39. The lowest BCUT2D eigenvalue weighted by Crippen LogP contribution is -2.31. The number of ether oxygens (including phenoxy) is 1. The molecule has 0 saturated carbocycles. The lowest BCUT2D eigenvalue weighted by Gasteiger charge is -2.26. The Bertz CT molecular complexity index is 1170. The van der Waals surface area contributed by atoms with Gasteiger partial charge in [0.05, 0.1) is 11.7 Å². The Morgan fingerprint density at radius 1 is 1.16 bits per heavy atom. The molecule has 0 aliphatic carbocycles. The highest BCUT2D eigenvalue weighted by Gasteiger charge is 2.32. The molecule has 1 amide bonds. The molecule has 0 spiro atoms. The molecule has 1 atom stereocenters. The van der Waals surface area contributed by atoms with Gasteiger partial charge < -0.3 is 15.0 Å². The minimum atomic E-state index is -0.411. The summed E-state index contributed by atoms with van der Waals surface area (Å²) >= 11 is 1.44. The zero-order chi connectivity index (χ0) is 22.0. The molecule has 2 N–H and O–H groups in total. The number of aromatic amines is 1. The predicted molar refractivity (Wildman–Crippen MR) is 123 cm³/mol. The Hall–Kier alpha value is -3.06. The van der Waals surface area contributed by atoms with Crippen molar-refractivity contribution in [1.82, 2.24) is 9.97 Å². The first-order chi connectivity index (χ1) is 14.9. The van der Waals surface area contributed by atoms with Gasteiger partial charge in [-0.1, -0.05) is 59.8 Å². The number of aryl methyl sites for hydroxylation is 1. The third kappa shape index (κ3) is 4.82. The van der Waals surface area contributed by atoms with E-state index in [9.17, 15) is 9.59 Å². The number of amides is 1. The first kappa shape index (κ1) is 21.2. The number of hydrogen-bond donors (Lipinski definition) is 2. The van der Waals surface area contributed by atoms with Gasteiger partial charge in [0.25, 0.3) is 5.56 Å².